The predicted molar refractivity (Wildman–Crippen MR) is 173 cm³/mol. The van der Waals surface area contributed by atoms with Crippen LogP contribution in [0.15, 0.2) is 48.6 Å². The van der Waals surface area contributed by atoms with E-state index < -0.39 is 26.5 Å². The number of hydrogen-bond donors (Lipinski definition) is 3. The standard InChI is InChI=1S/C33H58NO8P/c1-3-5-7-9-10-11-12-13-14-15-16-17-18-19-20-22-24-26-33(37)40-29-31(35)30-42-43(38,39)41-28-27-34-32(36)25-23-21-8-6-4-2/h10-11,13-14,16-17,19-20,31,35H,3-9,12,15,18,21-30H2,1-2H3,(H,34,36)(H,38,39)/b11-10-,14-13-,17-16-,20-19-. The maximum absolute atomic E-state index is 11.9. The Morgan fingerprint density at radius 2 is 1.28 bits per heavy atom. The lowest BCUT2D eigenvalue weighted by atomic mass is 10.1. The van der Waals surface area contributed by atoms with Crippen LogP contribution in [0.2, 0.25) is 0 Å². The maximum Gasteiger partial charge on any atom is 0.472 e. The van der Waals surface area contributed by atoms with Crippen molar-refractivity contribution >= 4 is 19.7 Å². The van der Waals surface area contributed by atoms with E-state index in [4.69, 9.17) is 13.8 Å². The molecule has 0 rings (SSSR count). The zero-order valence-corrected chi connectivity index (χ0v) is 27.5. The highest BCUT2D eigenvalue weighted by atomic mass is 31.2. The maximum atomic E-state index is 11.9. The monoisotopic (exact) mass is 627 g/mol. The van der Waals surface area contributed by atoms with Gasteiger partial charge in [-0.1, -0.05) is 101 Å². The van der Waals surface area contributed by atoms with Crippen molar-refractivity contribution in [3.63, 3.8) is 0 Å². The fourth-order valence-corrected chi connectivity index (χ4v) is 4.54. The normalized spacial score (nSPS) is 14.2. The molecule has 248 valence electrons. The van der Waals surface area contributed by atoms with Crippen molar-refractivity contribution in [2.45, 2.75) is 123 Å². The molecule has 0 aliphatic heterocycles. The van der Waals surface area contributed by atoms with Crippen LogP contribution in [0.5, 0.6) is 0 Å². The Kier molecular flexibility index (Phi) is 28.6. The van der Waals surface area contributed by atoms with Crippen molar-refractivity contribution in [3.8, 4) is 0 Å². The molecule has 3 N–H and O–H groups in total. The number of carbonyl (C=O) groups excluding carboxylic acids is 2. The molecule has 9 nitrogen and oxygen atoms in total. The summed E-state index contributed by atoms with van der Waals surface area (Å²) < 4.78 is 26.5. The number of carbonyl (C=O) groups is 2. The van der Waals surface area contributed by atoms with Crippen LogP contribution >= 0.6 is 7.82 Å². The summed E-state index contributed by atoms with van der Waals surface area (Å²) in [6.45, 7) is 3.33. The van der Waals surface area contributed by atoms with Gasteiger partial charge in [-0.15, -0.1) is 0 Å². The minimum atomic E-state index is -4.41. The number of nitrogens with one attached hydrogen (secondary N) is 1. The average Bonchev–Trinajstić information content (AvgIpc) is 2.98. The number of aliphatic hydroxyl groups is 1. The summed E-state index contributed by atoms with van der Waals surface area (Å²) in [4.78, 5) is 33.3. The molecule has 0 aromatic carbocycles. The van der Waals surface area contributed by atoms with E-state index in [2.05, 4.69) is 61.7 Å². The minimum Gasteiger partial charge on any atom is -0.463 e. The smallest absolute Gasteiger partial charge is 0.463 e. The van der Waals surface area contributed by atoms with E-state index in [0.717, 1.165) is 57.8 Å². The van der Waals surface area contributed by atoms with E-state index in [-0.39, 0.29) is 32.1 Å². The summed E-state index contributed by atoms with van der Waals surface area (Å²) in [5, 5.41) is 12.5. The first kappa shape index (κ1) is 41.0. The third-order valence-corrected chi connectivity index (χ3v) is 7.25. The van der Waals surface area contributed by atoms with E-state index in [1.807, 2.05) is 6.08 Å². The Bertz CT molecular complexity index is 856. The van der Waals surface area contributed by atoms with Gasteiger partial charge >= 0.3 is 13.8 Å². The highest BCUT2D eigenvalue weighted by Crippen LogP contribution is 2.42. The number of rotatable bonds is 29. The van der Waals surface area contributed by atoms with Crippen molar-refractivity contribution in [3.05, 3.63) is 48.6 Å². The molecule has 2 atom stereocenters. The minimum absolute atomic E-state index is 0.0724. The van der Waals surface area contributed by atoms with Crippen molar-refractivity contribution in [2.75, 3.05) is 26.4 Å². The van der Waals surface area contributed by atoms with E-state index in [0.29, 0.717) is 12.8 Å². The number of unbranched alkanes of at least 4 members (excludes halogenated alkanes) is 8. The summed E-state index contributed by atoms with van der Waals surface area (Å²) >= 11 is 0. The molecule has 0 saturated heterocycles. The van der Waals surface area contributed by atoms with Gasteiger partial charge in [0.05, 0.1) is 13.2 Å². The number of aliphatic hydroxyl groups excluding tert-OH is 1. The third kappa shape index (κ3) is 31.2. The van der Waals surface area contributed by atoms with Gasteiger partial charge in [0.1, 0.15) is 12.7 Å². The molecule has 0 aromatic rings. The Morgan fingerprint density at radius 1 is 0.721 bits per heavy atom. The number of ether oxygens (including phenoxy) is 1. The molecule has 0 aromatic heterocycles. The van der Waals surface area contributed by atoms with Crippen LogP contribution in [0.1, 0.15) is 117 Å². The molecular formula is C33H58NO8P. The molecule has 0 radical (unpaired) electrons. The fourth-order valence-electron chi connectivity index (χ4n) is 3.78. The molecule has 0 aliphatic rings. The largest absolute Gasteiger partial charge is 0.472 e. The summed E-state index contributed by atoms with van der Waals surface area (Å²) in [6, 6.07) is 0. The molecular weight excluding hydrogens is 569 g/mol. The Balaban J connectivity index is 3.77. The quantitative estimate of drug-likeness (QED) is 0.0334. The van der Waals surface area contributed by atoms with Gasteiger partial charge in [-0.2, -0.15) is 0 Å². The van der Waals surface area contributed by atoms with Gasteiger partial charge in [-0.05, 0) is 51.4 Å². The predicted octanol–water partition coefficient (Wildman–Crippen LogP) is 7.65. The Morgan fingerprint density at radius 3 is 1.91 bits per heavy atom. The number of phosphoric ester groups is 1. The van der Waals surface area contributed by atoms with Gasteiger partial charge in [-0.25, -0.2) is 4.57 Å². The summed E-state index contributed by atoms with van der Waals surface area (Å²) in [5.41, 5.74) is 0. The first-order valence-corrected chi connectivity index (χ1v) is 17.6. The van der Waals surface area contributed by atoms with Crippen LogP contribution < -0.4 is 5.32 Å². The zero-order valence-electron chi connectivity index (χ0n) is 26.6. The van der Waals surface area contributed by atoms with Crippen LogP contribution in [0.4, 0.5) is 0 Å². The number of amides is 1. The first-order chi connectivity index (χ1) is 20.8. The van der Waals surface area contributed by atoms with Crippen LogP contribution in [0, 0.1) is 0 Å². The van der Waals surface area contributed by atoms with Crippen molar-refractivity contribution in [2.24, 2.45) is 0 Å². The Labute approximate surface area is 260 Å². The highest BCUT2D eigenvalue weighted by molar-refractivity contribution is 7.47. The number of allylic oxidation sites excluding steroid dienone is 8. The van der Waals surface area contributed by atoms with Gasteiger partial charge < -0.3 is 20.1 Å². The van der Waals surface area contributed by atoms with Crippen molar-refractivity contribution in [1.82, 2.24) is 5.32 Å². The van der Waals surface area contributed by atoms with E-state index in [9.17, 15) is 24.2 Å². The zero-order chi connectivity index (χ0) is 31.9. The molecule has 0 fully saturated rings. The van der Waals surface area contributed by atoms with Gasteiger partial charge in [0, 0.05) is 19.4 Å². The number of esters is 1. The SMILES string of the molecule is CCCCC/C=C\C/C=C\C/C=C\C/C=C\CCCC(=O)OCC(O)COP(=O)(O)OCCNC(=O)CCCCCCC. The third-order valence-electron chi connectivity index (χ3n) is 6.26. The molecule has 1 amide bonds. The van der Waals surface area contributed by atoms with Crippen LogP contribution in [-0.4, -0.2) is 54.3 Å². The second-order valence-corrected chi connectivity index (χ2v) is 11.9. The molecule has 0 spiro atoms. The second-order valence-electron chi connectivity index (χ2n) is 10.4. The highest BCUT2D eigenvalue weighted by Gasteiger charge is 2.23. The molecule has 0 saturated carbocycles. The molecule has 2 unspecified atom stereocenters. The average molecular weight is 628 g/mol. The van der Waals surface area contributed by atoms with Gasteiger partial charge in [-0.3, -0.25) is 18.6 Å². The van der Waals surface area contributed by atoms with Crippen molar-refractivity contribution < 1.29 is 37.9 Å². The summed E-state index contributed by atoms with van der Waals surface area (Å²) in [6.07, 6.45) is 30.8. The van der Waals surface area contributed by atoms with E-state index in [1.165, 1.54) is 25.7 Å². The molecule has 0 heterocycles. The number of phosphoric acid groups is 1. The lowest BCUT2D eigenvalue weighted by molar-refractivity contribution is -0.147. The Hall–Kier alpha value is -2.03. The molecule has 0 aliphatic carbocycles. The van der Waals surface area contributed by atoms with Crippen LogP contribution in [0.3, 0.4) is 0 Å². The summed E-state index contributed by atoms with van der Waals surface area (Å²) in [7, 11) is -4.41. The molecule has 10 heteroatoms. The van der Waals surface area contributed by atoms with Gasteiger partial charge in [0.25, 0.3) is 0 Å². The fraction of sp³-hybridized carbons (Fsp3) is 0.697. The lowest BCUT2D eigenvalue weighted by Crippen LogP contribution is -2.27. The topological polar surface area (TPSA) is 131 Å². The summed E-state index contributed by atoms with van der Waals surface area (Å²) in [5.74, 6) is -0.593. The number of hydrogen-bond acceptors (Lipinski definition) is 7. The van der Waals surface area contributed by atoms with Gasteiger partial charge in [0.15, 0.2) is 0 Å². The van der Waals surface area contributed by atoms with Crippen molar-refractivity contribution in [1.29, 1.82) is 0 Å². The molecule has 43 heavy (non-hydrogen) atoms. The van der Waals surface area contributed by atoms with Crippen LogP contribution in [0.25, 0.3) is 0 Å². The van der Waals surface area contributed by atoms with Gasteiger partial charge in [0.2, 0.25) is 5.91 Å². The first-order valence-electron chi connectivity index (χ1n) is 16.1. The lowest BCUT2D eigenvalue weighted by Gasteiger charge is -2.15. The van der Waals surface area contributed by atoms with Crippen LogP contribution in [-0.2, 0) is 27.9 Å². The molecule has 0 bridgehead atoms. The van der Waals surface area contributed by atoms with E-state index in [1.54, 1.807) is 0 Å². The second kappa shape index (κ2) is 30.0. The van der Waals surface area contributed by atoms with E-state index >= 15 is 0 Å².